The van der Waals surface area contributed by atoms with Gasteiger partial charge in [-0.1, -0.05) is 11.6 Å². The van der Waals surface area contributed by atoms with Crippen molar-refractivity contribution >= 4 is 34.1 Å². The van der Waals surface area contributed by atoms with Gasteiger partial charge in [-0.15, -0.1) is 0 Å². The largest absolute Gasteiger partial charge is 0.389 e. The fraction of sp³-hybridized carbons (Fsp3) is 0.500. The number of halogens is 1. The molecule has 9 heteroatoms. The molecule has 3 aromatic rings. The van der Waals surface area contributed by atoms with E-state index in [1.807, 2.05) is 13.0 Å². The molecule has 1 aromatic carbocycles. The molecule has 2 fully saturated rings. The molecule has 0 aliphatic carbocycles. The van der Waals surface area contributed by atoms with Gasteiger partial charge in [0.1, 0.15) is 0 Å². The van der Waals surface area contributed by atoms with Crippen LogP contribution in [0.15, 0.2) is 24.5 Å². The second-order valence-electron chi connectivity index (χ2n) is 8.81. The molecule has 164 valence electrons. The lowest BCUT2D eigenvalue weighted by Crippen LogP contribution is -2.56. The van der Waals surface area contributed by atoms with Crippen LogP contribution in [0.1, 0.15) is 36.9 Å². The van der Waals surface area contributed by atoms with Crippen LogP contribution in [0.25, 0.3) is 10.9 Å². The Morgan fingerprint density at radius 3 is 2.77 bits per heavy atom. The highest BCUT2D eigenvalue weighted by atomic mass is 35.5. The van der Waals surface area contributed by atoms with Crippen LogP contribution in [0.2, 0.25) is 5.02 Å². The van der Waals surface area contributed by atoms with E-state index in [4.69, 9.17) is 21.3 Å². The van der Waals surface area contributed by atoms with Crippen molar-refractivity contribution in [1.29, 1.82) is 0 Å². The predicted molar refractivity (Wildman–Crippen MR) is 120 cm³/mol. The van der Waals surface area contributed by atoms with Crippen LogP contribution < -0.4 is 5.32 Å². The van der Waals surface area contributed by atoms with E-state index in [1.165, 1.54) is 0 Å². The first-order valence-electron chi connectivity index (χ1n) is 10.7. The average Bonchev–Trinajstić information content (AvgIpc) is 3.33. The van der Waals surface area contributed by atoms with E-state index in [9.17, 15) is 5.11 Å². The summed E-state index contributed by atoms with van der Waals surface area (Å²) in [5.41, 5.74) is 3.49. The number of hydrogen-bond acceptors (Lipinski definition) is 7. The average molecular weight is 443 g/mol. The SMILES string of the molecule is Cc1[nH]ncc1Nc1ncc2cc(Cl)c(C3CCN([C@@]4(C)COC[C@H]4O)CC3)cc2n1. The maximum atomic E-state index is 10.4. The number of aliphatic hydroxyl groups excluding tert-OH is 1. The number of benzene rings is 1. The molecule has 8 nitrogen and oxygen atoms in total. The number of anilines is 2. The number of aryl methyl sites for hydroxylation is 1. The summed E-state index contributed by atoms with van der Waals surface area (Å²) in [6, 6.07) is 4.06. The fourth-order valence-corrected chi connectivity index (χ4v) is 5.02. The van der Waals surface area contributed by atoms with E-state index in [-0.39, 0.29) is 5.54 Å². The first kappa shape index (κ1) is 20.6. The van der Waals surface area contributed by atoms with E-state index in [2.05, 4.69) is 38.4 Å². The molecule has 3 N–H and O–H groups in total. The molecule has 0 spiro atoms. The van der Waals surface area contributed by atoms with Gasteiger partial charge in [-0.25, -0.2) is 9.97 Å². The number of ether oxygens (including phenoxy) is 1. The minimum absolute atomic E-state index is 0.294. The van der Waals surface area contributed by atoms with Crippen molar-refractivity contribution < 1.29 is 9.84 Å². The normalized spacial score (nSPS) is 25.4. The van der Waals surface area contributed by atoms with Crippen LogP contribution in [0.4, 0.5) is 11.6 Å². The quantitative estimate of drug-likeness (QED) is 0.569. The van der Waals surface area contributed by atoms with Crippen LogP contribution in [0, 0.1) is 6.92 Å². The smallest absolute Gasteiger partial charge is 0.227 e. The third kappa shape index (κ3) is 3.78. The lowest BCUT2D eigenvalue weighted by atomic mass is 9.85. The Labute approximate surface area is 186 Å². The highest BCUT2D eigenvalue weighted by molar-refractivity contribution is 6.32. The molecule has 2 saturated heterocycles. The van der Waals surface area contributed by atoms with Crippen LogP contribution in [0.3, 0.4) is 0 Å². The molecule has 5 rings (SSSR count). The Morgan fingerprint density at radius 2 is 2.10 bits per heavy atom. The summed E-state index contributed by atoms with van der Waals surface area (Å²) in [6.07, 6.45) is 5.04. The van der Waals surface area contributed by atoms with Gasteiger partial charge < -0.3 is 15.2 Å². The number of H-pyrrole nitrogens is 1. The zero-order valence-electron chi connectivity index (χ0n) is 17.7. The van der Waals surface area contributed by atoms with Gasteiger partial charge in [0.25, 0.3) is 0 Å². The molecule has 0 bridgehead atoms. The van der Waals surface area contributed by atoms with Gasteiger partial charge in [-0.2, -0.15) is 5.10 Å². The number of rotatable bonds is 4. The number of likely N-dealkylation sites (tertiary alicyclic amines) is 1. The minimum atomic E-state index is -0.435. The number of aromatic nitrogens is 4. The second kappa shape index (κ2) is 8.02. The van der Waals surface area contributed by atoms with Crippen LogP contribution in [-0.4, -0.2) is 68.1 Å². The topological polar surface area (TPSA) is 99.2 Å². The molecule has 2 aliphatic heterocycles. The lowest BCUT2D eigenvalue weighted by Gasteiger charge is -2.43. The molecule has 0 saturated carbocycles. The van der Waals surface area contributed by atoms with E-state index in [0.29, 0.717) is 25.1 Å². The molecular weight excluding hydrogens is 416 g/mol. The van der Waals surface area contributed by atoms with Gasteiger partial charge in [0.2, 0.25) is 5.95 Å². The highest BCUT2D eigenvalue weighted by Gasteiger charge is 2.45. The van der Waals surface area contributed by atoms with E-state index >= 15 is 0 Å². The van der Waals surface area contributed by atoms with Crippen molar-refractivity contribution in [3.8, 4) is 0 Å². The number of nitrogens with one attached hydrogen (secondary N) is 2. The molecule has 31 heavy (non-hydrogen) atoms. The van der Waals surface area contributed by atoms with Crippen molar-refractivity contribution in [2.24, 2.45) is 0 Å². The zero-order valence-corrected chi connectivity index (χ0v) is 18.5. The van der Waals surface area contributed by atoms with Crippen LogP contribution >= 0.6 is 11.6 Å². The lowest BCUT2D eigenvalue weighted by molar-refractivity contribution is -0.00211. The van der Waals surface area contributed by atoms with Crippen LogP contribution in [-0.2, 0) is 4.74 Å². The molecule has 0 amide bonds. The van der Waals surface area contributed by atoms with Crippen LogP contribution in [0.5, 0.6) is 0 Å². The fourth-order valence-electron chi connectivity index (χ4n) is 4.69. The number of hydrogen-bond donors (Lipinski definition) is 3. The van der Waals surface area contributed by atoms with E-state index < -0.39 is 6.10 Å². The molecule has 0 unspecified atom stereocenters. The highest BCUT2D eigenvalue weighted by Crippen LogP contribution is 2.38. The number of fused-ring (bicyclic) bond motifs is 1. The summed E-state index contributed by atoms with van der Waals surface area (Å²) in [5, 5.41) is 22.2. The Hall–Kier alpha value is -2.26. The van der Waals surface area contributed by atoms with E-state index in [0.717, 1.165) is 58.8 Å². The van der Waals surface area contributed by atoms with E-state index in [1.54, 1.807) is 12.4 Å². The second-order valence-corrected chi connectivity index (χ2v) is 9.22. The molecule has 2 aromatic heterocycles. The van der Waals surface area contributed by atoms with Crippen molar-refractivity contribution in [2.45, 2.75) is 44.2 Å². The van der Waals surface area contributed by atoms with Crippen molar-refractivity contribution in [2.75, 3.05) is 31.6 Å². The summed E-state index contributed by atoms with van der Waals surface area (Å²) < 4.78 is 5.52. The van der Waals surface area contributed by atoms with Gasteiger partial charge in [0.05, 0.1) is 48.0 Å². The Bertz CT molecular complexity index is 1100. The first-order valence-corrected chi connectivity index (χ1v) is 11.1. The summed E-state index contributed by atoms with van der Waals surface area (Å²) in [7, 11) is 0. The van der Waals surface area contributed by atoms with Gasteiger partial charge >= 0.3 is 0 Å². The van der Waals surface area contributed by atoms with Crippen molar-refractivity contribution in [1.82, 2.24) is 25.1 Å². The number of piperidine rings is 1. The summed E-state index contributed by atoms with van der Waals surface area (Å²) in [5.74, 6) is 0.891. The molecule has 4 heterocycles. The van der Waals surface area contributed by atoms with Crippen molar-refractivity contribution in [3.63, 3.8) is 0 Å². The maximum absolute atomic E-state index is 10.4. The Kier molecular flexibility index (Phi) is 5.34. The molecular formula is C22H27ClN6O2. The minimum Gasteiger partial charge on any atom is -0.389 e. The summed E-state index contributed by atoms with van der Waals surface area (Å²) in [6.45, 7) is 6.86. The third-order valence-electron chi connectivity index (χ3n) is 6.82. The number of aromatic amines is 1. The predicted octanol–water partition coefficient (Wildman–Crippen LogP) is 3.39. The first-order chi connectivity index (χ1) is 14.9. The summed E-state index contributed by atoms with van der Waals surface area (Å²) >= 11 is 6.67. The van der Waals surface area contributed by atoms with Gasteiger partial charge in [0, 0.05) is 16.6 Å². The number of nitrogens with zero attached hydrogens (tertiary/aromatic N) is 4. The van der Waals surface area contributed by atoms with Gasteiger partial charge in [0.15, 0.2) is 0 Å². The van der Waals surface area contributed by atoms with Gasteiger partial charge in [-0.3, -0.25) is 10.00 Å². The maximum Gasteiger partial charge on any atom is 0.227 e. The Balaban J connectivity index is 1.36. The van der Waals surface area contributed by atoms with Crippen molar-refractivity contribution in [3.05, 3.63) is 40.8 Å². The number of aliphatic hydroxyl groups is 1. The summed E-state index contributed by atoms with van der Waals surface area (Å²) in [4.78, 5) is 11.5. The molecule has 2 aliphatic rings. The molecule has 2 atom stereocenters. The van der Waals surface area contributed by atoms with Gasteiger partial charge in [-0.05, 0) is 63.4 Å². The third-order valence-corrected chi connectivity index (χ3v) is 7.15. The Morgan fingerprint density at radius 1 is 1.29 bits per heavy atom. The molecule has 0 radical (unpaired) electrons. The standard InChI is InChI=1S/C22H27ClN6O2/c1-13-19(10-25-28-13)27-21-24-9-15-7-17(23)16(8-18(15)26-21)14-3-5-29(6-4-14)22(2)12-31-11-20(22)30/h7-10,14,20,30H,3-6,11-12H2,1-2H3,(H,25,28)(H,24,26,27)/t20-,22+/m1/s1. The monoisotopic (exact) mass is 442 g/mol. The zero-order chi connectivity index (χ0) is 21.6.